The zero-order valence-electron chi connectivity index (χ0n) is 24.1. The van der Waals surface area contributed by atoms with Crippen molar-refractivity contribution < 1.29 is 23.5 Å². The average Bonchev–Trinajstić information content (AvgIpc) is 2.65. The Morgan fingerprint density at radius 2 is 1.00 bits per heavy atom. The number of hydrogen-bond acceptors (Lipinski definition) is 5. The third-order valence-corrected chi connectivity index (χ3v) is 7.58. The largest absolute Gasteiger partial charge is 0.615 e. The number of benzene rings is 2. The van der Waals surface area contributed by atoms with Gasteiger partial charge >= 0.3 is 7.82 Å². The molecule has 1 heterocycles. The van der Waals surface area contributed by atoms with Crippen molar-refractivity contribution in [3.05, 3.63) is 57.6 Å². The molecule has 1 aliphatic rings. The van der Waals surface area contributed by atoms with Crippen LogP contribution in [0.3, 0.4) is 0 Å². The van der Waals surface area contributed by atoms with E-state index in [1.807, 2.05) is 0 Å². The predicted molar refractivity (Wildman–Crippen MR) is 149 cm³/mol. The molecule has 197 valence electrons. The van der Waals surface area contributed by atoms with Crippen LogP contribution in [0.5, 0.6) is 11.5 Å². The van der Waals surface area contributed by atoms with E-state index >= 15 is 0 Å². The summed E-state index contributed by atoms with van der Waals surface area (Å²) in [6, 6.07) is 8.47. The molecule has 0 saturated heterocycles. The Labute approximate surface area is 228 Å². The summed E-state index contributed by atoms with van der Waals surface area (Å²) >= 11 is 0. The van der Waals surface area contributed by atoms with Crippen LogP contribution in [-0.4, -0.2) is 22.6 Å². The zero-order chi connectivity index (χ0) is 26.8. The molecule has 0 aromatic heterocycles. The molecule has 3 rings (SSSR count). The standard InChI is InChI=1S/C29H43O5P.Al/c1-26(2,3)20-14-18-13-19-15-21(27(4,5)6)17-23(29(10,11)12)25(19)33-35(31,34-30)32-24(18)22(16-20)28(7,8)9;/h14-17,30H,13H2,1-12H3;. The zero-order valence-corrected chi connectivity index (χ0v) is 26.2. The summed E-state index contributed by atoms with van der Waals surface area (Å²) in [5.41, 5.74) is 5.10. The first-order valence-corrected chi connectivity index (χ1v) is 13.8. The minimum atomic E-state index is -4.38. The van der Waals surface area contributed by atoms with E-state index in [9.17, 15) is 9.82 Å². The summed E-state index contributed by atoms with van der Waals surface area (Å²) in [4.78, 5) is 0. The molecule has 0 saturated carbocycles. The highest BCUT2D eigenvalue weighted by atomic mass is 31.2. The minimum Gasteiger partial charge on any atom is -0.393 e. The lowest BCUT2D eigenvalue weighted by Gasteiger charge is -2.34. The van der Waals surface area contributed by atoms with Gasteiger partial charge in [0.1, 0.15) is 11.5 Å². The maximum absolute atomic E-state index is 13.7. The second-order valence-electron chi connectivity index (χ2n) is 13.9. The lowest BCUT2D eigenvalue weighted by molar-refractivity contribution is -0.155. The molecule has 7 heteroatoms. The van der Waals surface area contributed by atoms with E-state index in [1.165, 1.54) is 0 Å². The molecule has 0 spiro atoms. The van der Waals surface area contributed by atoms with Crippen molar-refractivity contribution in [2.45, 2.75) is 111 Å². The van der Waals surface area contributed by atoms with Gasteiger partial charge in [0.25, 0.3) is 0 Å². The number of phosphoric ester groups is 1. The summed E-state index contributed by atoms with van der Waals surface area (Å²) in [5.74, 6) is 0.902. The molecule has 1 N–H and O–H groups in total. The first-order chi connectivity index (χ1) is 15.7. The van der Waals surface area contributed by atoms with Crippen LogP contribution in [0, 0.1) is 0 Å². The Hall–Kier alpha value is -1.28. The molecule has 0 bridgehead atoms. The summed E-state index contributed by atoms with van der Waals surface area (Å²) in [5, 5.41) is 9.76. The smallest absolute Gasteiger partial charge is 0.393 e. The monoisotopic (exact) mass is 529 g/mol. The van der Waals surface area contributed by atoms with Crippen molar-refractivity contribution >= 4 is 25.2 Å². The number of fused-ring (bicyclic) bond motifs is 2. The minimum absolute atomic E-state index is 0. The Morgan fingerprint density at radius 3 is 1.25 bits per heavy atom. The van der Waals surface area contributed by atoms with Crippen LogP contribution in [0.25, 0.3) is 0 Å². The van der Waals surface area contributed by atoms with Gasteiger partial charge in [0.05, 0.1) is 0 Å². The van der Waals surface area contributed by atoms with E-state index in [-0.39, 0.29) is 39.0 Å². The quantitative estimate of drug-likeness (QED) is 0.174. The summed E-state index contributed by atoms with van der Waals surface area (Å²) in [6.45, 7) is 25.6. The predicted octanol–water partition coefficient (Wildman–Crippen LogP) is 8.46. The molecule has 36 heavy (non-hydrogen) atoms. The van der Waals surface area contributed by atoms with Gasteiger partial charge in [-0.25, -0.2) is 9.82 Å². The van der Waals surface area contributed by atoms with E-state index in [0.717, 1.165) is 33.4 Å². The molecular formula is C29H43AlO5P. The number of hydrogen-bond donors (Lipinski definition) is 1. The second-order valence-corrected chi connectivity index (χ2v) is 15.3. The summed E-state index contributed by atoms with van der Waals surface area (Å²) in [7, 11) is -4.38. The SMILES string of the molecule is CC(C)(C)c1cc2c(c(C(C)(C)C)c1)OP(=O)(OO)Oc1c(cc(C(C)(C)C)cc1C(C)(C)C)C2.[Al]. The van der Waals surface area contributed by atoms with Crippen LogP contribution in [0.2, 0.25) is 0 Å². The third-order valence-electron chi connectivity index (χ3n) is 6.57. The van der Waals surface area contributed by atoms with Crippen molar-refractivity contribution in [3.8, 4) is 11.5 Å². The van der Waals surface area contributed by atoms with Gasteiger partial charge in [-0.3, -0.25) is 0 Å². The molecular weight excluding hydrogens is 486 g/mol. The highest BCUT2D eigenvalue weighted by Gasteiger charge is 2.40. The van der Waals surface area contributed by atoms with Gasteiger partial charge in [-0.15, -0.1) is 4.67 Å². The summed E-state index contributed by atoms with van der Waals surface area (Å²) < 4.78 is 30.1. The fourth-order valence-corrected chi connectivity index (χ4v) is 5.30. The third kappa shape index (κ3) is 6.40. The van der Waals surface area contributed by atoms with Crippen molar-refractivity contribution in [2.75, 3.05) is 0 Å². The van der Waals surface area contributed by atoms with Crippen molar-refractivity contribution in [2.24, 2.45) is 0 Å². The molecule has 5 nitrogen and oxygen atoms in total. The van der Waals surface area contributed by atoms with E-state index in [2.05, 4.69) is 112 Å². The highest BCUT2D eigenvalue weighted by molar-refractivity contribution is 7.49. The second kappa shape index (κ2) is 9.79. The topological polar surface area (TPSA) is 65.0 Å². The van der Waals surface area contributed by atoms with Crippen LogP contribution >= 0.6 is 7.82 Å². The maximum atomic E-state index is 13.7. The van der Waals surface area contributed by atoms with Gasteiger partial charge in [0, 0.05) is 34.9 Å². The molecule has 0 fully saturated rings. The fourth-order valence-electron chi connectivity index (χ4n) is 4.32. The van der Waals surface area contributed by atoms with Gasteiger partial charge in [-0.1, -0.05) is 107 Å². The van der Waals surface area contributed by atoms with Gasteiger partial charge < -0.3 is 9.05 Å². The summed E-state index contributed by atoms with van der Waals surface area (Å²) in [6.07, 6.45) is 0.538. The Morgan fingerprint density at radius 1 is 0.667 bits per heavy atom. The molecule has 2 aromatic carbocycles. The fraction of sp³-hybridized carbons (Fsp3) is 0.586. The van der Waals surface area contributed by atoms with E-state index in [1.54, 1.807) is 0 Å². The van der Waals surface area contributed by atoms with Crippen LogP contribution in [0.1, 0.15) is 116 Å². The van der Waals surface area contributed by atoms with Crippen LogP contribution in [0.4, 0.5) is 0 Å². The number of rotatable bonds is 1. The number of phosphoric acid groups is 1. The van der Waals surface area contributed by atoms with Crippen molar-refractivity contribution in [3.63, 3.8) is 0 Å². The van der Waals surface area contributed by atoms with Gasteiger partial charge in [-0.2, -0.15) is 0 Å². The Kier molecular flexibility index (Phi) is 8.42. The van der Waals surface area contributed by atoms with E-state index in [4.69, 9.17) is 9.05 Å². The molecule has 0 atom stereocenters. The maximum Gasteiger partial charge on any atom is 0.615 e. The lowest BCUT2D eigenvalue weighted by atomic mass is 9.76. The normalized spacial score (nSPS) is 15.9. The first-order valence-electron chi connectivity index (χ1n) is 12.3. The van der Waals surface area contributed by atoms with Gasteiger partial charge in [0.15, 0.2) is 0 Å². The molecule has 0 aliphatic carbocycles. The Bertz CT molecular complexity index is 1090. The molecule has 0 unspecified atom stereocenters. The lowest BCUT2D eigenvalue weighted by Crippen LogP contribution is -2.23. The highest BCUT2D eigenvalue weighted by Crippen LogP contribution is 2.56. The molecule has 0 amide bonds. The molecule has 1 aliphatic heterocycles. The molecule has 2 aromatic rings. The van der Waals surface area contributed by atoms with Crippen molar-refractivity contribution in [1.29, 1.82) is 0 Å². The Balaban J connectivity index is 0.00000456. The van der Waals surface area contributed by atoms with E-state index in [0.29, 0.717) is 17.9 Å². The van der Waals surface area contributed by atoms with Crippen LogP contribution in [-0.2, 0) is 37.3 Å². The van der Waals surface area contributed by atoms with Gasteiger partial charge in [-0.05, 0) is 43.9 Å². The van der Waals surface area contributed by atoms with E-state index < -0.39 is 7.82 Å². The van der Waals surface area contributed by atoms with Gasteiger partial charge in [0.2, 0.25) is 0 Å². The molecule has 3 radical (unpaired) electrons. The van der Waals surface area contributed by atoms with Crippen LogP contribution in [0.15, 0.2) is 24.3 Å². The van der Waals surface area contributed by atoms with Crippen molar-refractivity contribution in [1.82, 2.24) is 0 Å². The average molecular weight is 530 g/mol. The van der Waals surface area contributed by atoms with Crippen LogP contribution < -0.4 is 9.05 Å². The first kappa shape index (κ1) is 30.9.